The standard InChI is InChI=1S/C15H23NO/c1-11(9-12-7-5-4-6-8-12)16-13-10-14(17)15(13,2)3/h4-8,11,13-14,16-17H,9-10H2,1-3H3. The molecule has 3 atom stereocenters. The average Bonchev–Trinajstić information content (AvgIpc) is 2.30. The summed E-state index contributed by atoms with van der Waals surface area (Å²) in [6.07, 6.45) is 1.78. The number of rotatable bonds is 4. The van der Waals surface area contributed by atoms with Gasteiger partial charge in [0.15, 0.2) is 0 Å². The number of hydrogen-bond acceptors (Lipinski definition) is 2. The SMILES string of the molecule is CC(Cc1ccccc1)NC1CC(O)C1(C)C. The van der Waals surface area contributed by atoms with Gasteiger partial charge in [-0.25, -0.2) is 0 Å². The fraction of sp³-hybridized carbons (Fsp3) is 0.600. The lowest BCUT2D eigenvalue weighted by Crippen LogP contribution is -2.61. The average molecular weight is 233 g/mol. The van der Waals surface area contributed by atoms with E-state index in [1.54, 1.807) is 0 Å². The zero-order chi connectivity index (χ0) is 12.5. The van der Waals surface area contributed by atoms with Gasteiger partial charge in [0.2, 0.25) is 0 Å². The minimum absolute atomic E-state index is 0.0188. The maximum absolute atomic E-state index is 9.71. The Balaban J connectivity index is 1.85. The van der Waals surface area contributed by atoms with E-state index in [1.807, 2.05) is 6.07 Å². The van der Waals surface area contributed by atoms with Crippen molar-refractivity contribution in [3.8, 4) is 0 Å². The van der Waals surface area contributed by atoms with Gasteiger partial charge in [-0.1, -0.05) is 44.2 Å². The van der Waals surface area contributed by atoms with E-state index < -0.39 is 0 Å². The van der Waals surface area contributed by atoms with Crippen LogP contribution in [0.2, 0.25) is 0 Å². The van der Waals surface area contributed by atoms with Gasteiger partial charge in [-0.2, -0.15) is 0 Å². The third kappa shape index (κ3) is 2.70. The van der Waals surface area contributed by atoms with Gasteiger partial charge in [-0.05, 0) is 25.3 Å². The van der Waals surface area contributed by atoms with Crippen LogP contribution in [-0.4, -0.2) is 23.3 Å². The molecular weight excluding hydrogens is 210 g/mol. The number of nitrogens with one attached hydrogen (secondary N) is 1. The first-order valence-electron chi connectivity index (χ1n) is 6.48. The van der Waals surface area contributed by atoms with Gasteiger partial charge in [0, 0.05) is 17.5 Å². The Bertz CT molecular complexity index is 360. The second-order valence-electron chi connectivity index (χ2n) is 5.88. The lowest BCUT2D eigenvalue weighted by Gasteiger charge is -2.50. The molecule has 17 heavy (non-hydrogen) atoms. The van der Waals surface area contributed by atoms with Crippen LogP contribution in [0.25, 0.3) is 0 Å². The van der Waals surface area contributed by atoms with Crippen LogP contribution >= 0.6 is 0 Å². The summed E-state index contributed by atoms with van der Waals surface area (Å²) in [4.78, 5) is 0. The molecule has 1 aromatic rings. The topological polar surface area (TPSA) is 32.3 Å². The molecule has 2 nitrogen and oxygen atoms in total. The highest BCUT2D eigenvalue weighted by Crippen LogP contribution is 2.40. The molecule has 0 radical (unpaired) electrons. The van der Waals surface area contributed by atoms with Gasteiger partial charge in [0.1, 0.15) is 0 Å². The quantitative estimate of drug-likeness (QED) is 0.837. The maximum Gasteiger partial charge on any atom is 0.0621 e. The molecule has 1 fully saturated rings. The molecule has 2 rings (SSSR count). The van der Waals surface area contributed by atoms with Crippen LogP contribution in [0.3, 0.4) is 0 Å². The van der Waals surface area contributed by atoms with E-state index in [1.165, 1.54) is 5.56 Å². The number of aliphatic hydroxyl groups is 1. The summed E-state index contributed by atoms with van der Waals surface area (Å²) in [7, 11) is 0. The van der Waals surface area contributed by atoms with E-state index in [9.17, 15) is 5.11 Å². The summed E-state index contributed by atoms with van der Waals surface area (Å²) in [5.41, 5.74) is 1.38. The Morgan fingerprint density at radius 1 is 1.35 bits per heavy atom. The number of benzene rings is 1. The van der Waals surface area contributed by atoms with Crippen molar-refractivity contribution in [1.29, 1.82) is 0 Å². The lowest BCUT2D eigenvalue weighted by molar-refractivity contribution is -0.0752. The van der Waals surface area contributed by atoms with Gasteiger partial charge in [-0.3, -0.25) is 0 Å². The van der Waals surface area contributed by atoms with Crippen molar-refractivity contribution >= 4 is 0 Å². The molecule has 0 saturated heterocycles. The number of hydrogen-bond donors (Lipinski definition) is 2. The summed E-state index contributed by atoms with van der Waals surface area (Å²) in [6.45, 7) is 6.48. The van der Waals surface area contributed by atoms with Crippen LogP contribution < -0.4 is 5.32 Å². The molecule has 2 N–H and O–H groups in total. The van der Waals surface area contributed by atoms with Crippen molar-refractivity contribution in [2.75, 3.05) is 0 Å². The predicted octanol–water partition coefficient (Wildman–Crippen LogP) is 2.37. The van der Waals surface area contributed by atoms with Gasteiger partial charge in [0.05, 0.1) is 6.10 Å². The molecule has 1 saturated carbocycles. The first-order chi connectivity index (χ1) is 8.00. The van der Waals surface area contributed by atoms with Gasteiger partial charge >= 0.3 is 0 Å². The van der Waals surface area contributed by atoms with Crippen LogP contribution in [0.4, 0.5) is 0 Å². The smallest absolute Gasteiger partial charge is 0.0621 e. The van der Waals surface area contributed by atoms with E-state index >= 15 is 0 Å². The highest BCUT2D eigenvalue weighted by molar-refractivity contribution is 5.16. The van der Waals surface area contributed by atoms with Crippen LogP contribution in [0.15, 0.2) is 30.3 Å². The molecule has 0 spiro atoms. The monoisotopic (exact) mass is 233 g/mol. The van der Waals surface area contributed by atoms with Crippen LogP contribution in [0, 0.1) is 5.41 Å². The zero-order valence-corrected chi connectivity index (χ0v) is 11.0. The Kier molecular flexibility index (Phi) is 3.55. The Morgan fingerprint density at radius 3 is 2.53 bits per heavy atom. The normalized spacial score (nSPS) is 28.5. The number of aliphatic hydroxyl groups excluding tert-OH is 1. The van der Waals surface area contributed by atoms with Crippen molar-refractivity contribution in [2.45, 2.75) is 51.8 Å². The first kappa shape index (κ1) is 12.6. The van der Waals surface area contributed by atoms with E-state index in [-0.39, 0.29) is 11.5 Å². The summed E-state index contributed by atoms with van der Waals surface area (Å²) < 4.78 is 0. The molecule has 0 bridgehead atoms. The molecule has 0 amide bonds. The highest BCUT2D eigenvalue weighted by atomic mass is 16.3. The van der Waals surface area contributed by atoms with Gasteiger partial charge in [0.25, 0.3) is 0 Å². The maximum atomic E-state index is 9.71. The Morgan fingerprint density at radius 2 is 2.00 bits per heavy atom. The second kappa shape index (κ2) is 4.79. The molecule has 0 aromatic heterocycles. The molecule has 0 aliphatic heterocycles. The van der Waals surface area contributed by atoms with Crippen molar-refractivity contribution < 1.29 is 5.11 Å². The van der Waals surface area contributed by atoms with Crippen LogP contribution in [-0.2, 0) is 6.42 Å². The third-order valence-corrected chi connectivity index (χ3v) is 4.09. The third-order valence-electron chi connectivity index (χ3n) is 4.09. The molecular formula is C15H23NO. The first-order valence-corrected chi connectivity index (χ1v) is 6.48. The second-order valence-corrected chi connectivity index (χ2v) is 5.88. The Labute approximate surface area is 104 Å². The van der Waals surface area contributed by atoms with Crippen molar-refractivity contribution in [3.05, 3.63) is 35.9 Å². The minimum atomic E-state index is -0.149. The van der Waals surface area contributed by atoms with E-state index in [4.69, 9.17) is 0 Å². The largest absolute Gasteiger partial charge is 0.392 e. The highest BCUT2D eigenvalue weighted by Gasteiger charge is 2.47. The van der Waals surface area contributed by atoms with E-state index in [2.05, 4.69) is 50.4 Å². The van der Waals surface area contributed by atoms with Crippen molar-refractivity contribution in [3.63, 3.8) is 0 Å². The van der Waals surface area contributed by atoms with Gasteiger partial charge in [-0.15, -0.1) is 0 Å². The molecule has 1 aliphatic rings. The molecule has 1 aromatic carbocycles. The molecule has 2 heteroatoms. The summed E-state index contributed by atoms with van der Waals surface area (Å²) in [5.74, 6) is 0. The lowest BCUT2D eigenvalue weighted by atomic mass is 9.64. The summed E-state index contributed by atoms with van der Waals surface area (Å²) >= 11 is 0. The molecule has 0 heterocycles. The van der Waals surface area contributed by atoms with Gasteiger partial charge < -0.3 is 10.4 Å². The van der Waals surface area contributed by atoms with E-state index in [0.29, 0.717) is 12.1 Å². The summed E-state index contributed by atoms with van der Waals surface area (Å²) in [6, 6.07) is 11.4. The van der Waals surface area contributed by atoms with Crippen LogP contribution in [0.1, 0.15) is 32.8 Å². The Hall–Kier alpha value is -0.860. The van der Waals surface area contributed by atoms with Crippen molar-refractivity contribution in [2.24, 2.45) is 5.41 Å². The van der Waals surface area contributed by atoms with Crippen LogP contribution in [0.5, 0.6) is 0 Å². The molecule has 94 valence electrons. The zero-order valence-electron chi connectivity index (χ0n) is 11.0. The van der Waals surface area contributed by atoms with Crippen molar-refractivity contribution in [1.82, 2.24) is 5.32 Å². The minimum Gasteiger partial charge on any atom is -0.392 e. The fourth-order valence-electron chi connectivity index (χ4n) is 2.56. The summed E-state index contributed by atoms with van der Waals surface area (Å²) in [5, 5.41) is 13.3. The molecule has 1 aliphatic carbocycles. The predicted molar refractivity (Wildman–Crippen MR) is 70.9 cm³/mol. The molecule has 3 unspecified atom stereocenters. The fourth-order valence-corrected chi connectivity index (χ4v) is 2.56. The van der Waals surface area contributed by atoms with E-state index in [0.717, 1.165) is 12.8 Å².